The van der Waals surface area contributed by atoms with Gasteiger partial charge in [0.05, 0.1) is 5.69 Å². The van der Waals surface area contributed by atoms with Crippen LogP contribution in [-0.2, 0) is 9.59 Å². The highest BCUT2D eigenvalue weighted by Gasteiger charge is 2.42. The number of hydrogen-bond acceptors (Lipinski definition) is 3. The van der Waals surface area contributed by atoms with Gasteiger partial charge in [-0.2, -0.15) is 0 Å². The molecule has 0 radical (unpaired) electrons. The van der Waals surface area contributed by atoms with Crippen LogP contribution in [0.1, 0.15) is 11.6 Å². The average molecular weight is 482 g/mol. The molecule has 3 aromatic rings. The molecule has 31 heavy (non-hydrogen) atoms. The van der Waals surface area contributed by atoms with Gasteiger partial charge in [0.25, 0.3) is 5.91 Å². The van der Waals surface area contributed by atoms with Crippen LogP contribution in [0.25, 0.3) is 0 Å². The zero-order valence-corrected chi connectivity index (χ0v) is 18.7. The van der Waals surface area contributed by atoms with Gasteiger partial charge in [-0.3, -0.25) is 19.4 Å². The summed E-state index contributed by atoms with van der Waals surface area (Å²) >= 11 is 3.40. The highest BCUT2D eigenvalue weighted by molar-refractivity contribution is 9.10. The van der Waals surface area contributed by atoms with E-state index in [4.69, 9.17) is 0 Å². The van der Waals surface area contributed by atoms with E-state index in [0.717, 1.165) is 10.2 Å². The number of carbonyl (C=O) groups is 2. The summed E-state index contributed by atoms with van der Waals surface area (Å²) < 4.78 is 15.3. The van der Waals surface area contributed by atoms with Crippen LogP contribution in [0.15, 0.2) is 77.3 Å². The fourth-order valence-corrected chi connectivity index (χ4v) is 3.97. The lowest BCUT2D eigenvalue weighted by molar-refractivity contribution is -0.128. The molecule has 1 heterocycles. The maximum atomic E-state index is 14.5. The van der Waals surface area contributed by atoms with Crippen molar-refractivity contribution in [3.63, 3.8) is 0 Å². The molecule has 2 amide bonds. The highest BCUT2D eigenvalue weighted by Crippen LogP contribution is 2.36. The third-order valence-corrected chi connectivity index (χ3v) is 5.82. The molecule has 1 fully saturated rings. The van der Waals surface area contributed by atoms with Crippen molar-refractivity contribution in [3.05, 3.63) is 88.6 Å². The van der Waals surface area contributed by atoms with E-state index in [2.05, 4.69) is 15.9 Å². The molecule has 1 aliphatic rings. The number of piperazine rings is 1. The fourth-order valence-electron chi connectivity index (χ4n) is 3.71. The number of amides is 2. The van der Waals surface area contributed by atoms with Crippen molar-refractivity contribution >= 4 is 44.8 Å². The molecule has 3 aromatic carbocycles. The maximum absolute atomic E-state index is 14.5. The van der Waals surface area contributed by atoms with Crippen LogP contribution in [0.4, 0.5) is 21.5 Å². The average Bonchev–Trinajstić information content (AvgIpc) is 2.76. The van der Waals surface area contributed by atoms with E-state index < -0.39 is 11.9 Å². The van der Waals surface area contributed by atoms with Crippen molar-refractivity contribution in [1.29, 1.82) is 0 Å². The van der Waals surface area contributed by atoms with Gasteiger partial charge in [-0.05, 0) is 54.1 Å². The summed E-state index contributed by atoms with van der Waals surface area (Å²) in [6, 6.07) is 19.8. The zero-order chi connectivity index (χ0) is 22.1. The van der Waals surface area contributed by atoms with Gasteiger partial charge in [-0.15, -0.1) is 0 Å². The second kappa shape index (κ2) is 8.51. The van der Waals surface area contributed by atoms with Crippen LogP contribution in [0.5, 0.6) is 0 Å². The second-order valence-electron chi connectivity index (χ2n) is 7.50. The van der Waals surface area contributed by atoms with Gasteiger partial charge in [-0.1, -0.05) is 40.2 Å². The summed E-state index contributed by atoms with van der Waals surface area (Å²) in [4.78, 5) is 31.6. The van der Waals surface area contributed by atoms with Gasteiger partial charge in [0.15, 0.2) is 0 Å². The molecule has 7 heteroatoms. The van der Waals surface area contributed by atoms with E-state index in [1.54, 1.807) is 24.3 Å². The number of carbonyl (C=O) groups excluding carboxylic acids is 2. The Morgan fingerprint density at radius 3 is 2.19 bits per heavy atom. The van der Waals surface area contributed by atoms with Crippen molar-refractivity contribution in [2.75, 3.05) is 35.3 Å². The molecule has 0 N–H and O–H groups in total. The minimum Gasteiger partial charge on any atom is -0.378 e. The molecular weight excluding hydrogens is 461 g/mol. The fraction of sp³-hybridized carbons (Fsp3) is 0.167. The molecular formula is C24H21BrFN3O2. The van der Waals surface area contributed by atoms with Crippen molar-refractivity contribution in [2.45, 2.75) is 6.04 Å². The first-order chi connectivity index (χ1) is 14.9. The summed E-state index contributed by atoms with van der Waals surface area (Å²) in [7, 11) is 3.86. The molecule has 5 nitrogen and oxygen atoms in total. The molecule has 0 bridgehead atoms. The van der Waals surface area contributed by atoms with Gasteiger partial charge >= 0.3 is 0 Å². The lowest BCUT2D eigenvalue weighted by atomic mass is 9.99. The SMILES string of the molecule is CN(C)c1ccc(C2C(=O)N(c3ccccc3F)CC(=O)N2c2ccc(Br)cc2)cc1. The third-order valence-electron chi connectivity index (χ3n) is 5.29. The monoisotopic (exact) mass is 481 g/mol. The number of nitrogens with zero attached hydrogens (tertiary/aromatic N) is 3. The lowest BCUT2D eigenvalue weighted by Crippen LogP contribution is -2.56. The molecule has 4 rings (SSSR count). The van der Waals surface area contributed by atoms with Gasteiger partial charge in [0, 0.05) is 29.9 Å². The van der Waals surface area contributed by atoms with Crippen molar-refractivity contribution < 1.29 is 14.0 Å². The molecule has 0 spiro atoms. The van der Waals surface area contributed by atoms with Gasteiger partial charge in [0.1, 0.15) is 18.4 Å². The minimum absolute atomic E-state index is 0.103. The smallest absolute Gasteiger partial charge is 0.255 e. The Hall–Kier alpha value is -3.19. The quantitative estimate of drug-likeness (QED) is 0.538. The van der Waals surface area contributed by atoms with E-state index in [1.807, 2.05) is 55.4 Å². The molecule has 1 unspecified atom stereocenters. The first-order valence-electron chi connectivity index (χ1n) is 9.77. The highest BCUT2D eigenvalue weighted by atomic mass is 79.9. The van der Waals surface area contributed by atoms with Crippen molar-refractivity contribution in [1.82, 2.24) is 0 Å². The summed E-state index contributed by atoms with van der Waals surface area (Å²) in [6.45, 7) is -0.234. The Bertz CT molecular complexity index is 1120. The van der Waals surface area contributed by atoms with Crippen LogP contribution < -0.4 is 14.7 Å². The van der Waals surface area contributed by atoms with Gasteiger partial charge in [0.2, 0.25) is 5.91 Å². The Morgan fingerprint density at radius 1 is 0.935 bits per heavy atom. The Morgan fingerprint density at radius 2 is 1.58 bits per heavy atom. The number of hydrogen-bond donors (Lipinski definition) is 0. The van der Waals surface area contributed by atoms with E-state index in [0.29, 0.717) is 11.3 Å². The summed E-state index contributed by atoms with van der Waals surface area (Å²) in [6.07, 6.45) is 0. The van der Waals surface area contributed by atoms with Crippen LogP contribution in [0.3, 0.4) is 0 Å². The standard InChI is InChI=1S/C24H21BrFN3O2/c1-27(2)18-11-7-16(8-12-18)23-24(31)28(21-6-4-3-5-20(21)26)15-22(30)29(23)19-13-9-17(25)10-14-19/h3-14,23H,15H2,1-2H3. The number of benzene rings is 3. The van der Waals surface area contributed by atoms with E-state index in [1.165, 1.54) is 21.9 Å². The van der Waals surface area contributed by atoms with Crippen molar-refractivity contribution in [3.8, 4) is 0 Å². The van der Waals surface area contributed by atoms with E-state index in [-0.39, 0.29) is 24.0 Å². The molecule has 0 aliphatic carbocycles. The molecule has 1 saturated heterocycles. The number of halogens is 2. The number of rotatable bonds is 4. The van der Waals surface area contributed by atoms with Crippen LogP contribution in [-0.4, -0.2) is 32.5 Å². The first kappa shape index (κ1) is 21.1. The van der Waals surface area contributed by atoms with Gasteiger partial charge < -0.3 is 4.90 Å². The van der Waals surface area contributed by atoms with E-state index >= 15 is 0 Å². The first-order valence-corrected chi connectivity index (χ1v) is 10.6. The number of para-hydroxylation sites is 1. The summed E-state index contributed by atoms with van der Waals surface area (Å²) in [5.74, 6) is -1.18. The molecule has 0 aromatic heterocycles. The van der Waals surface area contributed by atoms with E-state index in [9.17, 15) is 14.0 Å². The normalized spacial score (nSPS) is 16.6. The minimum atomic E-state index is -0.904. The Kier molecular flexibility index (Phi) is 5.78. The van der Waals surface area contributed by atoms with Crippen LogP contribution in [0.2, 0.25) is 0 Å². The number of anilines is 3. The predicted octanol–water partition coefficient (Wildman–Crippen LogP) is 4.78. The maximum Gasteiger partial charge on any atom is 0.255 e. The third kappa shape index (κ3) is 4.05. The van der Waals surface area contributed by atoms with Crippen molar-refractivity contribution in [2.24, 2.45) is 0 Å². The molecule has 0 saturated carbocycles. The summed E-state index contributed by atoms with van der Waals surface area (Å²) in [5.41, 5.74) is 2.34. The second-order valence-corrected chi connectivity index (χ2v) is 8.42. The molecule has 1 aliphatic heterocycles. The van der Waals surface area contributed by atoms with Crippen LogP contribution in [0, 0.1) is 5.82 Å². The Labute approximate surface area is 188 Å². The molecule has 158 valence electrons. The largest absolute Gasteiger partial charge is 0.378 e. The topological polar surface area (TPSA) is 43.9 Å². The predicted molar refractivity (Wildman–Crippen MR) is 124 cm³/mol. The van der Waals surface area contributed by atoms with Gasteiger partial charge in [-0.25, -0.2) is 4.39 Å². The zero-order valence-electron chi connectivity index (χ0n) is 17.1. The van der Waals surface area contributed by atoms with Crippen LogP contribution >= 0.6 is 15.9 Å². The Balaban J connectivity index is 1.81. The summed E-state index contributed by atoms with van der Waals surface area (Å²) in [5, 5.41) is 0. The molecule has 1 atom stereocenters. The lowest BCUT2D eigenvalue weighted by Gasteiger charge is -2.40.